The van der Waals surface area contributed by atoms with Crippen molar-refractivity contribution in [2.45, 2.75) is 26.2 Å². The van der Waals surface area contributed by atoms with Crippen molar-refractivity contribution in [1.82, 2.24) is 9.78 Å². The van der Waals surface area contributed by atoms with Crippen LogP contribution in [0.5, 0.6) is 0 Å². The van der Waals surface area contributed by atoms with Gasteiger partial charge in [0.05, 0.1) is 22.0 Å². The van der Waals surface area contributed by atoms with Crippen molar-refractivity contribution in [2.24, 2.45) is 0 Å². The second-order valence-corrected chi connectivity index (χ2v) is 10.1. The maximum Gasteiger partial charge on any atom is 0.348 e. The number of carbonyl (C=O) groups excluding carboxylic acids is 2. The van der Waals surface area contributed by atoms with Crippen LogP contribution in [0.3, 0.4) is 0 Å². The summed E-state index contributed by atoms with van der Waals surface area (Å²) in [5, 5.41) is 18.6. The van der Waals surface area contributed by atoms with E-state index in [1.54, 1.807) is 16.8 Å². The van der Waals surface area contributed by atoms with Crippen molar-refractivity contribution in [3.05, 3.63) is 61.9 Å². The zero-order valence-corrected chi connectivity index (χ0v) is 19.9. The maximum atomic E-state index is 12.6. The second kappa shape index (κ2) is 8.63. The standard InChI is InChI=1S/C23H17ClN4O3S2/c1-12-14-9-19(33-22(14)28(27-12)17-7-3-2-6-16(17)24)23(30)31-11-20(29)26-21-15(10-25)13-5-4-8-18(13)32-21/h2-3,6-7,9H,4-5,8,11H2,1H3,(H,26,29). The van der Waals surface area contributed by atoms with E-state index in [4.69, 9.17) is 16.3 Å². The summed E-state index contributed by atoms with van der Waals surface area (Å²) in [7, 11) is 0. The molecule has 33 heavy (non-hydrogen) atoms. The number of ether oxygens (including phenoxy) is 1. The Hall–Kier alpha value is -3.19. The first-order valence-electron chi connectivity index (χ1n) is 10.2. The predicted octanol–water partition coefficient (Wildman–Crippen LogP) is 5.27. The maximum absolute atomic E-state index is 12.6. The van der Waals surface area contributed by atoms with Gasteiger partial charge in [0.1, 0.15) is 20.8 Å². The topological polar surface area (TPSA) is 97.0 Å². The van der Waals surface area contributed by atoms with Gasteiger partial charge in [0.2, 0.25) is 0 Å². The number of esters is 1. The normalized spacial score (nSPS) is 12.5. The first kappa shape index (κ1) is 21.6. The molecular formula is C23H17ClN4O3S2. The summed E-state index contributed by atoms with van der Waals surface area (Å²) in [6.07, 6.45) is 2.82. The Kier molecular flexibility index (Phi) is 5.66. The molecule has 0 bridgehead atoms. The van der Waals surface area contributed by atoms with E-state index in [1.807, 2.05) is 25.1 Å². The van der Waals surface area contributed by atoms with E-state index in [1.165, 1.54) is 22.7 Å². The highest BCUT2D eigenvalue weighted by molar-refractivity contribution is 7.20. The van der Waals surface area contributed by atoms with Crippen LogP contribution < -0.4 is 5.32 Å². The number of nitrogens with one attached hydrogen (secondary N) is 1. The minimum atomic E-state index is -0.592. The molecule has 0 fully saturated rings. The van der Waals surface area contributed by atoms with E-state index in [-0.39, 0.29) is 0 Å². The van der Waals surface area contributed by atoms with Gasteiger partial charge in [-0.05, 0) is 49.9 Å². The van der Waals surface area contributed by atoms with Crippen molar-refractivity contribution in [3.63, 3.8) is 0 Å². The molecule has 1 amide bonds. The van der Waals surface area contributed by atoms with Gasteiger partial charge in [-0.25, -0.2) is 9.48 Å². The van der Waals surface area contributed by atoms with Gasteiger partial charge in [0, 0.05) is 10.3 Å². The number of nitrogens with zero attached hydrogens (tertiary/aromatic N) is 3. The molecule has 5 rings (SSSR count). The van der Waals surface area contributed by atoms with Gasteiger partial charge < -0.3 is 10.1 Å². The number of fused-ring (bicyclic) bond motifs is 2. The summed E-state index contributed by atoms with van der Waals surface area (Å²) in [6, 6.07) is 11.2. The molecule has 3 aromatic heterocycles. The molecule has 0 saturated carbocycles. The molecule has 1 aliphatic rings. The summed E-state index contributed by atoms with van der Waals surface area (Å²) in [4.78, 5) is 27.3. The van der Waals surface area contributed by atoms with Crippen LogP contribution in [0.1, 0.15) is 37.8 Å². The quantitative estimate of drug-likeness (QED) is 0.380. The van der Waals surface area contributed by atoms with E-state index < -0.39 is 18.5 Å². The average Bonchev–Trinajstić information content (AvgIpc) is 3.55. The number of para-hydroxylation sites is 1. The number of carbonyl (C=O) groups is 2. The largest absolute Gasteiger partial charge is 0.451 e. The summed E-state index contributed by atoms with van der Waals surface area (Å²) < 4.78 is 6.96. The number of thiophene rings is 2. The van der Waals surface area contributed by atoms with Crippen LogP contribution in [-0.2, 0) is 22.4 Å². The number of hydrogen-bond donors (Lipinski definition) is 1. The average molecular weight is 497 g/mol. The van der Waals surface area contributed by atoms with Gasteiger partial charge >= 0.3 is 5.97 Å². The lowest BCUT2D eigenvalue weighted by Gasteiger charge is -2.05. The predicted molar refractivity (Wildman–Crippen MR) is 129 cm³/mol. The molecule has 0 unspecified atom stereocenters. The highest BCUT2D eigenvalue weighted by Gasteiger charge is 2.24. The van der Waals surface area contributed by atoms with E-state index in [0.29, 0.717) is 20.5 Å². The minimum absolute atomic E-state index is 0.368. The van der Waals surface area contributed by atoms with Gasteiger partial charge in [-0.15, -0.1) is 22.7 Å². The monoisotopic (exact) mass is 496 g/mol. The number of amides is 1. The molecule has 3 heterocycles. The first-order chi connectivity index (χ1) is 16.0. The lowest BCUT2D eigenvalue weighted by Crippen LogP contribution is -2.20. The number of aryl methyl sites for hydroxylation is 2. The fraction of sp³-hybridized carbons (Fsp3) is 0.217. The molecule has 1 aliphatic carbocycles. The Bertz CT molecular complexity index is 1460. The molecule has 0 saturated heterocycles. The molecule has 166 valence electrons. The summed E-state index contributed by atoms with van der Waals surface area (Å²) in [6.45, 7) is 1.42. The molecule has 0 aliphatic heterocycles. The third-order valence-electron chi connectivity index (χ3n) is 5.45. The smallest absolute Gasteiger partial charge is 0.348 e. The third-order valence-corrected chi connectivity index (χ3v) is 8.06. The van der Waals surface area contributed by atoms with Crippen molar-refractivity contribution < 1.29 is 14.3 Å². The van der Waals surface area contributed by atoms with Crippen LogP contribution in [-0.4, -0.2) is 28.3 Å². The van der Waals surface area contributed by atoms with E-state index in [0.717, 1.165) is 51.3 Å². The Balaban J connectivity index is 1.30. The van der Waals surface area contributed by atoms with Crippen LogP contribution in [0.25, 0.3) is 15.9 Å². The molecule has 1 aromatic carbocycles. The van der Waals surface area contributed by atoms with Crippen LogP contribution in [0, 0.1) is 18.3 Å². The van der Waals surface area contributed by atoms with Gasteiger partial charge in [-0.3, -0.25) is 4.79 Å². The Morgan fingerprint density at radius 1 is 1.30 bits per heavy atom. The van der Waals surface area contributed by atoms with Crippen LogP contribution >= 0.6 is 34.3 Å². The highest BCUT2D eigenvalue weighted by Crippen LogP contribution is 2.38. The fourth-order valence-electron chi connectivity index (χ4n) is 3.91. The molecule has 4 aromatic rings. The molecule has 7 nitrogen and oxygen atoms in total. The molecular weight excluding hydrogens is 480 g/mol. The van der Waals surface area contributed by atoms with Gasteiger partial charge in [-0.1, -0.05) is 23.7 Å². The zero-order chi connectivity index (χ0) is 23.1. The first-order valence-corrected chi connectivity index (χ1v) is 12.2. The van der Waals surface area contributed by atoms with Crippen LogP contribution in [0.15, 0.2) is 30.3 Å². The number of rotatable bonds is 5. The van der Waals surface area contributed by atoms with Gasteiger partial charge in [-0.2, -0.15) is 10.4 Å². The Morgan fingerprint density at radius 3 is 2.91 bits per heavy atom. The SMILES string of the molecule is Cc1nn(-c2ccccc2Cl)c2sc(C(=O)OCC(=O)Nc3sc4c(c3C#N)CCC4)cc12. The number of anilines is 1. The fourth-order valence-corrected chi connectivity index (χ4v) is 6.45. The van der Waals surface area contributed by atoms with Crippen molar-refractivity contribution in [2.75, 3.05) is 11.9 Å². The number of nitriles is 1. The third kappa shape index (κ3) is 3.91. The lowest BCUT2D eigenvalue weighted by atomic mass is 10.1. The van der Waals surface area contributed by atoms with Crippen LogP contribution in [0.4, 0.5) is 5.00 Å². The summed E-state index contributed by atoms with van der Waals surface area (Å²) >= 11 is 8.98. The van der Waals surface area contributed by atoms with Crippen LogP contribution in [0.2, 0.25) is 5.02 Å². The number of benzene rings is 1. The van der Waals surface area contributed by atoms with E-state index in [9.17, 15) is 14.9 Å². The highest BCUT2D eigenvalue weighted by atomic mass is 35.5. The molecule has 1 N–H and O–H groups in total. The number of halogens is 1. The van der Waals surface area contributed by atoms with Crippen molar-refractivity contribution in [3.8, 4) is 11.8 Å². The van der Waals surface area contributed by atoms with E-state index >= 15 is 0 Å². The van der Waals surface area contributed by atoms with E-state index in [2.05, 4.69) is 16.5 Å². The van der Waals surface area contributed by atoms with Crippen molar-refractivity contribution >= 4 is 61.4 Å². The molecule has 0 atom stereocenters. The minimum Gasteiger partial charge on any atom is -0.451 e. The molecule has 10 heteroatoms. The summed E-state index contributed by atoms with van der Waals surface area (Å²) in [5.74, 6) is -1.06. The number of aromatic nitrogens is 2. The lowest BCUT2D eigenvalue weighted by molar-refractivity contribution is -0.119. The Labute approximate surface area is 202 Å². The number of hydrogen-bond acceptors (Lipinski definition) is 7. The second-order valence-electron chi connectivity index (χ2n) is 7.58. The Morgan fingerprint density at radius 2 is 2.12 bits per heavy atom. The molecule has 0 spiro atoms. The van der Waals surface area contributed by atoms with Crippen molar-refractivity contribution in [1.29, 1.82) is 5.26 Å². The molecule has 0 radical (unpaired) electrons. The van der Waals surface area contributed by atoms with Gasteiger partial charge in [0.25, 0.3) is 5.91 Å². The van der Waals surface area contributed by atoms with Gasteiger partial charge in [0.15, 0.2) is 6.61 Å². The zero-order valence-electron chi connectivity index (χ0n) is 17.5. The summed E-state index contributed by atoms with van der Waals surface area (Å²) in [5.41, 5.74) is 3.03.